The van der Waals surface area contributed by atoms with Crippen molar-refractivity contribution in [1.82, 2.24) is 4.68 Å². The average molecular weight is 316 g/mol. The van der Waals surface area contributed by atoms with Gasteiger partial charge in [-0.1, -0.05) is 74.0 Å². The second-order valence-electron chi connectivity index (χ2n) is 5.60. The summed E-state index contributed by atoms with van der Waals surface area (Å²) in [5, 5.41) is 4.39. The predicted molar refractivity (Wildman–Crippen MR) is 100 cm³/mol. The summed E-state index contributed by atoms with van der Waals surface area (Å²) in [4.78, 5) is 12.7. The fourth-order valence-corrected chi connectivity index (χ4v) is 2.56. The van der Waals surface area contributed by atoms with Crippen molar-refractivity contribution in [1.29, 1.82) is 0 Å². The number of unbranched alkanes of at least 4 members (excludes halogenated alkanes) is 1. The van der Waals surface area contributed by atoms with Gasteiger partial charge in [0, 0.05) is 17.8 Å². The van der Waals surface area contributed by atoms with Gasteiger partial charge in [-0.25, -0.2) is 0 Å². The number of nitrogens with zero attached hydrogens (tertiary/aromatic N) is 2. The first-order valence-corrected chi connectivity index (χ1v) is 8.20. The fourth-order valence-electron chi connectivity index (χ4n) is 2.56. The molecule has 120 valence electrons. The zero-order chi connectivity index (χ0) is 16.8. The molecule has 3 rings (SSSR count). The molecule has 24 heavy (non-hydrogen) atoms. The van der Waals surface area contributed by atoms with Gasteiger partial charge in [0.2, 0.25) is 0 Å². The minimum Gasteiger partial charge on any atom is -0.267 e. The Morgan fingerprint density at radius 1 is 0.875 bits per heavy atom. The number of hydrogen-bond acceptors (Lipinski definition) is 2. The van der Waals surface area contributed by atoms with Crippen molar-refractivity contribution in [2.75, 3.05) is 0 Å². The molecular formula is C21H20N2O. The highest BCUT2D eigenvalue weighted by Crippen LogP contribution is 2.24. The Hall–Kier alpha value is -2.94. The van der Waals surface area contributed by atoms with Crippen molar-refractivity contribution < 1.29 is 0 Å². The third-order valence-electron chi connectivity index (χ3n) is 3.80. The van der Waals surface area contributed by atoms with E-state index in [1.807, 2.05) is 66.7 Å². The molecule has 0 atom stereocenters. The van der Waals surface area contributed by atoms with Crippen molar-refractivity contribution in [3.05, 3.63) is 83.2 Å². The van der Waals surface area contributed by atoms with E-state index in [0.717, 1.165) is 35.2 Å². The molecule has 0 bridgehead atoms. The molecule has 0 aliphatic rings. The molecule has 0 saturated heterocycles. The maximum atomic E-state index is 12.7. The minimum atomic E-state index is -0.123. The largest absolute Gasteiger partial charge is 0.272 e. The molecule has 3 nitrogen and oxygen atoms in total. The molecule has 0 unspecified atom stereocenters. The number of aromatic nitrogens is 1. The van der Waals surface area contributed by atoms with E-state index in [1.165, 1.54) is 4.68 Å². The van der Waals surface area contributed by atoms with Gasteiger partial charge in [0.05, 0.1) is 5.69 Å². The summed E-state index contributed by atoms with van der Waals surface area (Å²) in [6, 6.07) is 23.5. The Kier molecular flexibility index (Phi) is 5.02. The molecule has 0 aliphatic carbocycles. The van der Waals surface area contributed by atoms with E-state index < -0.39 is 0 Å². The van der Waals surface area contributed by atoms with Gasteiger partial charge in [-0.3, -0.25) is 4.79 Å². The summed E-state index contributed by atoms with van der Waals surface area (Å²) < 4.78 is 1.48. The molecule has 1 aromatic heterocycles. The summed E-state index contributed by atoms with van der Waals surface area (Å²) in [6.45, 7) is 2.09. The second-order valence-corrected chi connectivity index (χ2v) is 5.60. The first-order chi connectivity index (χ1) is 11.8. The molecule has 3 aromatic rings. The van der Waals surface area contributed by atoms with Crippen molar-refractivity contribution >= 4 is 6.21 Å². The van der Waals surface area contributed by atoms with E-state index in [4.69, 9.17) is 0 Å². The van der Waals surface area contributed by atoms with Crippen LogP contribution < -0.4 is 5.56 Å². The Balaban J connectivity index is 2.18. The smallest absolute Gasteiger partial charge is 0.267 e. The van der Waals surface area contributed by atoms with Crippen LogP contribution in [0.25, 0.3) is 22.4 Å². The molecule has 1 heterocycles. The second kappa shape index (κ2) is 7.55. The molecule has 0 fully saturated rings. The molecule has 2 aromatic carbocycles. The topological polar surface area (TPSA) is 34.4 Å². The first-order valence-electron chi connectivity index (χ1n) is 8.20. The SMILES string of the molecule is CCCC=Nn1c(-c2ccccc2)cc(-c2ccccc2)cc1=O. The van der Waals surface area contributed by atoms with E-state index in [9.17, 15) is 4.79 Å². The summed E-state index contributed by atoms with van der Waals surface area (Å²) in [5.74, 6) is 0. The van der Waals surface area contributed by atoms with Crippen LogP contribution in [0.4, 0.5) is 0 Å². The minimum absolute atomic E-state index is 0.123. The molecular weight excluding hydrogens is 296 g/mol. The Morgan fingerprint density at radius 2 is 1.50 bits per heavy atom. The van der Waals surface area contributed by atoms with Gasteiger partial charge in [-0.15, -0.1) is 0 Å². The van der Waals surface area contributed by atoms with Gasteiger partial charge < -0.3 is 0 Å². The standard InChI is InChI=1S/C21H20N2O/c1-2-3-14-22-23-20(18-12-8-5-9-13-18)15-19(16-21(23)24)17-10-6-4-7-11-17/h4-16H,2-3H2,1H3. The molecule has 3 heteroatoms. The van der Waals surface area contributed by atoms with Crippen molar-refractivity contribution in [3.63, 3.8) is 0 Å². The third-order valence-corrected chi connectivity index (χ3v) is 3.80. The lowest BCUT2D eigenvalue weighted by Gasteiger charge is -2.11. The van der Waals surface area contributed by atoms with Gasteiger partial charge in [0.1, 0.15) is 0 Å². The van der Waals surface area contributed by atoms with Crippen LogP contribution in [0.5, 0.6) is 0 Å². The van der Waals surface area contributed by atoms with Crippen LogP contribution in [0.15, 0.2) is 82.7 Å². The molecule has 0 aliphatic heterocycles. The lowest BCUT2D eigenvalue weighted by atomic mass is 10.0. The molecule has 0 saturated carbocycles. The number of rotatable bonds is 5. The van der Waals surface area contributed by atoms with Crippen LogP contribution in [-0.4, -0.2) is 10.9 Å². The van der Waals surface area contributed by atoms with Crippen LogP contribution in [0.1, 0.15) is 19.8 Å². The maximum absolute atomic E-state index is 12.7. The number of pyridine rings is 1. The van der Waals surface area contributed by atoms with Gasteiger partial charge in [-0.2, -0.15) is 9.78 Å². The Labute approximate surface area is 141 Å². The monoisotopic (exact) mass is 316 g/mol. The number of hydrogen-bond donors (Lipinski definition) is 0. The van der Waals surface area contributed by atoms with Crippen LogP contribution in [-0.2, 0) is 0 Å². The lowest BCUT2D eigenvalue weighted by Crippen LogP contribution is -2.17. The van der Waals surface area contributed by atoms with Crippen LogP contribution in [0, 0.1) is 0 Å². The highest BCUT2D eigenvalue weighted by molar-refractivity contribution is 5.71. The van der Waals surface area contributed by atoms with Crippen molar-refractivity contribution in [2.45, 2.75) is 19.8 Å². The fraction of sp³-hybridized carbons (Fsp3) is 0.143. The molecule has 0 N–H and O–H groups in total. The van der Waals surface area contributed by atoms with Gasteiger partial charge in [0.25, 0.3) is 5.56 Å². The van der Waals surface area contributed by atoms with E-state index >= 15 is 0 Å². The molecule has 0 spiro atoms. The zero-order valence-corrected chi connectivity index (χ0v) is 13.7. The van der Waals surface area contributed by atoms with E-state index in [2.05, 4.69) is 12.0 Å². The van der Waals surface area contributed by atoms with Crippen LogP contribution >= 0.6 is 0 Å². The van der Waals surface area contributed by atoms with Crippen LogP contribution in [0.3, 0.4) is 0 Å². The van der Waals surface area contributed by atoms with Crippen molar-refractivity contribution in [2.24, 2.45) is 5.10 Å². The predicted octanol–water partition coefficient (Wildman–Crippen LogP) is 4.82. The lowest BCUT2D eigenvalue weighted by molar-refractivity contribution is 0.833. The summed E-state index contributed by atoms with van der Waals surface area (Å²) in [6.07, 6.45) is 3.65. The Morgan fingerprint density at radius 3 is 2.12 bits per heavy atom. The zero-order valence-electron chi connectivity index (χ0n) is 13.7. The number of benzene rings is 2. The van der Waals surface area contributed by atoms with Crippen LogP contribution in [0.2, 0.25) is 0 Å². The van der Waals surface area contributed by atoms with Gasteiger partial charge in [-0.05, 0) is 23.6 Å². The van der Waals surface area contributed by atoms with E-state index in [0.29, 0.717) is 0 Å². The highest BCUT2D eigenvalue weighted by atomic mass is 16.1. The first kappa shape index (κ1) is 15.9. The molecule has 0 radical (unpaired) electrons. The maximum Gasteiger partial charge on any atom is 0.272 e. The summed E-state index contributed by atoms with van der Waals surface area (Å²) in [5.41, 5.74) is 3.58. The van der Waals surface area contributed by atoms with Gasteiger partial charge >= 0.3 is 0 Å². The summed E-state index contributed by atoms with van der Waals surface area (Å²) >= 11 is 0. The normalized spacial score (nSPS) is 11.0. The summed E-state index contributed by atoms with van der Waals surface area (Å²) in [7, 11) is 0. The highest BCUT2D eigenvalue weighted by Gasteiger charge is 2.09. The van der Waals surface area contributed by atoms with Crippen molar-refractivity contribution in [3.8, 4) is 22.4 Å². The van der Waals surface area contributed by atoms with E-state index in [1.54, 1.807) is 12.3 Å². The Bertz CT molecular complexity index is 881. The third kappa shape index (κ3) is 3.51. The average Bonchev–Trinajstić information content (AvgIpc) is 2.64. The molecule has 0 amide bonds. The quantitative estimate of drug-likeness (QED) is 0.622. The van der Waals surface area contributed by atoms with Gasteiger partial charge in [0.15, 0.2) is 0 Å². The van der Waals surface area contributed by atoms with E-state index in [-0.39, 0.29) is 5.56 Å².